The zero-order valence-corrected chi connectivity index (χ0v) is 43.1. The highest BCUT2D eigenvalue weighted by molar-refractivity contribution is 7.47. The molecule has 0 aliphatic carbocycles. The molecule has 0 saturated heterocycles. The van der Waals surface area contributed by atoms with Crippen LogP contribution >= 0.6 is 7.82 Å². The van der Waals surface area contributed by atoms with Crippen LogP contribution in [0.5, 0.6) is 0 Å². The summed E-state index contributed by atoms with van der Waals surface area (Å²) in [7, 11) is 1.55. The lowest BCUT2D eigenvalue weighted by molar-refractivity contribution is -0.870. The number of rotatable bonds is 47. The summed E-state index contributed by atoms with van der Waals surface area (Å²) in [6.07, 6.45) is 63.0. The molecule has 0 aliphatic heterocycles. The van der Waals surface area contributed by atoms with E-state index in [1.807, 2.05) is 27.2 Å². The molecule has 0 fully saturated rings. The third-order valence-corrected chi connectivity index (χ3v) is 12.4. The van der Waals surface area contributed by atoms with E-state index in [-0.39, 0.29) is 19.1 Å². The van der Waals surface area contributed by atoms with Crippen LogP contribution in [-0.4, -0.2) is 73.4 Å². The van der Waals surface area contributed by atoms with Crippen molar-refractivity contribution >= 4 is 13.7 Å². The van der Waals surface area contributed by atoms with E-state index in [0.717, 1.165) is 64.2 Å². The highest BCUT2D eigenvalue weighted by Gasteiger charge is 2.27. The number of carbonyl (C=O) groups excluding carboxylic acids is 1. The van der Waals surface area contributed by atoms with Gasteiger partial charge in [0.25, 0.3) is 0 Å². The molecule has 0 aliphatic rings. The van der Waals surface area contributed by atoms with E-state index in [1.54, 1.807) is 6.08 Å². The van der Waals surface area contributed by atoms with Crippen LogP contribution in [0.2, 0.25) is 0 Å². The molecular formula is C55H102N2O6P+. The minimum absolute atomic E-state index is 0.0547. The molecule has 0 rings (SSSR count). The molecule has 0 aromatic rings. The molecule has 3 unspecified atom stereocenters. The van der Waals surface area contributed by atoms with Gasteiger partial charge in [0.1, 0.15) is 13.2 Å². The number of phosphoric ester groups is 1. The van der Waals surface area contributed by atoms with Crippen molar-refractivity contribution < 1.29 is 32.9 Å². The Labute approximate surface area is 395 Å². The zero-order chi connectivity index (χ0) is 47.1. The first-order valence-corrected chi connectivity index (χ1v) is 27.8. The quantitative estimate of drug-likeness (QED) is 0.0243. The molecule has 3 atom stereocenters. The van der Waals surface area contributed by atoms with E-state index in [0.29, 0.717) is 17.4 Å². The highest BCUT2D eigenvalue weighted by Crippen LogP contribution is 2.43. The molecule has 9 heteroatoms. The number of hydrogen-bond donors (Lipinski definition) is 3. The van der Waals surface area contributed by atoms with Gasteiger partial charge >= 0.3 is 7.82 Å². The van der Waals surface area contributed by atoms with Gasteiger partial charge < -0.3 is 19.8 Å². The molecule has 0 radical (unpaired) electrons. The summed E-state index contributed by atoms with van der Waals surface area (Å²) < 4.78 is 23.6. The van der Waals surface area contributed by atoms with E-state index in [9.17, 15) is 19.4 Å². The number of aliphatic hydroxyl groups excluding tert-OH is 1. The first-order valence-electron chi connectivity index (χ1n) is 26.3. The van der Waals surface area contributed by atoms with Crippen molar-refractivity contribution in [3.05, 3.63) is 72.9 Å². The average molecular weight is 918 g/mol. The van der Waals surface area contributed by atoms with E-state index >= 15 is 0 Å². The van der Waals surface area contributed by atoms with Crippen molar-refractivity contribution in [3.8, 4) is 0 Å². The first kappa shape index (κ1) is 61.9. The van der Waals surface area contributed by atoms with Crippen LogP contribution in [0.4, 0.5) is 0 Å². The number of quaternary nitrogens is 1. The van der Waals surface area contributed by atoms with Crippen LogP contribution < -0.4 is 5.32 Å². The van der Waals surface area contributed by atoms with Crippen molar-refractivity contribution in [3.63, 3.8) is 0 Å². The van der Waals surface area contributed by atoms with Crippen LogP contribution in [0.25, 0.3) is 0 Å². The molecule has 3 N–H and O–H groups in total. The fourth-order valence-electron chi connectivity index (χ4n) is 7.28. The predicted molar refractivity (Wildman–Crippen MR) is 276 cm³/mol. The third kappa shape index (κ3) is 47.9. The smallest absolute Gasteiger partial charge is 0.387 e. The summed E-state index contributed by atoms with van der Waals surface area (Å²) >= 11 is 0. The minimum atomic E-state index is -4.35. The van der Waals surface area contributed by atoms with Gasteiger partial charge in [-0.2, -0.15) is 0 Å². The van der Waals surface area contributed by atoms with Gasteiger partial charge in [-0.1, -0.05) is 215 Å². The molecule has 8 nitrogen and oxygen atoms in total. The molecule has 0 bridgehead atoms. The number of phosphoric acid groups is 1. The lowest BCUT2D eigenvalue weighted by Gasteiger charge is -2.25. The monoisotopic (exact) mass is 918 g/mol. The second-order valence-electron chi connectivity index (χ2n) is 18.9. The Kier molecular flexibility index (Phi) is 44.6. The van der Waals surface area contributed by atoms with E-state index < -0.39 is 20.0 Å². The highest BCUT2D eigenvalue weighted by atomic mass is 31.2. The van der Waals surface area contributed by atoms with Crippen molar-refractivity contribution in [1.29, 1.82) is 0 Å². The Hall–Kier alpha value is -2.06. The number of allylic oxidation sites excluding steroid dienone is 11. The maximum atomic E-state index is 12.9. The molecule has 0 heterocycles. The Morgan fingerprint density at radius 1 is 0.547 bits per heavy atom. The number of unbranched alkanes of at least 4 members (excludes halogenated alkanes) is 24. The van der Waals surface area contributed by atoms with Gasteiger partial charge in [-0.25, -0.2) is 4.57 Å². The molecular weight excluding hydrogens is 816 g/mol. The SMILES string of the molecule is CC/C=C\C/C=C\C/C=C\C/C=C\CCCCCCCCCCCCCCCCCCCCC(=O)NC(COP(=O)(O)OCC[N+](C)(C)C)C(O)/C=C/CC/C=C/CCCCCCC. The fraction of sp³-hybridized carbons (Fsp3) is 0.764. The molecule has 0 aromatic heterocycles. The second kappa shape index (κ2) is 46.1. The van der Waals surface area contributed by atoms with Gasteiger partial charge in [0.05, 0.1) is 39.9 Å². The van der Waals surface area contributed by atoms with E-state index in [1.165, 1.54) is 135 Å². The lowest BCUT2D eigenvalue weighted by atomic mass is 10.0. The zero-order valence-electron chi connectivity index (χ0n) is 42.3. The van der Waals surface area contributed by atoms with Crippen molar-refractivity contribution in [1.82, 2.24) is 5.32 Å². The topological polar surface area (TPSA) is 105 Å². The van der Waals surface area contributed by atoms with Gasteiger partial charge in [-0.05, 0) is 70.6 Å². The van der Waals surface area contributed by atoms with Gasteiger partial charge in [0, 0.05) is 6.42 Å². The maximum absolute atomic E-state index is 12.9. The number of nitrogens with one attached hydrogen (secondary N) is 1. The normalized spacial score (nSPS) is 14.7. The first-order chi connectivity index (χ1) is 31.0. The Morgan fingerprint density at radius 2 is 0.953 bits per heavy atom. The summed E-state index contributed by atoms with van der Waals surface area (Å²) in [5.41, 5.74) is 0. The maximum Gasteiger partial charge on any atom is 0.472 e. The number of aliphatic hydroxyl groups is 1. The fourth-order valence-corrected chi connectivity index (χ4v) is 8.02. The summed E-state index contributed by atoms with van der Waals surface area (Å²) in [6, 6.07) is -0.863. The number of amides is 1. The van der Waals surface area contributed by atoms with Gasteiger partial charge in [0.2, 0.25) is 5.91 Å². The van der Waals surface area contributed by atoms with Crippen LogP contribution in [0, 0.1) is 0 Å². The van der Waals surface area contributed by atoms with E-state index in [2.05, 4.69) is 79.9 Å². The number of likely N-dealkylation sites (N-methyl/N-ethyl adjacent to an activating group) is 1. The Morgan fingerprint density at radius 3 is 1.44 bits per heavy atom. The number of hydrogen-bond acceptors (Lipinski definition) is 5. The average Bonchev–Trinajstić information content (AvgIpc) is 3.25. The molecule has 0 spiro atoms. The van der Waals surface area contributed by atoms with Gasteiger partial charge in [0.15, 0.2) is 0 Å². The molecule has 0 aromatic carbocycles. The van der Waals surface area contributed by atoms with Crippen LogP contribution in [0.1, 0.15) is 219 Å². The van der Waals surface area contributed by atoms with Crippen LogP contribution in [-0.2, 0) is 18.4 Å². The summed E-state index contributed by atoms with van der Waals surface area (Å²) in [5.74, 6) is -0.189. The summed E-state index contributed by atoms with van der Waals surface area (Å²) in [6.45, 7) is 4.65. The van der Waals surface area contributed by atoms with Crippen LogP contribution in [0.15, 0.2) is 72.9 Å². The van der Waals surface area contributed by atoms with Crippen molar-refractivity contribution in [2.75, 3.05) is 40.9 Å². The number of nitrogens with zero attached hydrogens (tertiary/aromatic N) is 1. The van der Waals surface area contributed by atoms with Crippen molar-refractivity contribution in [2.45, 2.75) is 231 Å². The standard InChI is InChI=1S/C55H101N2O6P/c1-6-8-10-12-14-16-18-19-20-21-22-23-24-25-26-27-28-29-30-31-32-33-34-35-36-37-39-41-43-45-47-49-55(59)56-53(52-63-64(60,61)62-51-50-57(3,4)5)54(58)48-46-44-42-40-38-17-15-13-11-9-7-2/h8,10,14,16,19-20,22-23,38,40,46,48,53-54,58H,6-7,9,11-13,15,17-18,21,24-37,39,41-45,47,49-52H2,1-5H3,(H-,56,59,60,61)/p+1/b10-8-,16-14-,20-19-,23-22-,40-38+,48-46+. The summed E-state index contributed by atoms with van der Waals surface area (Å²) in [5, 5.41) is 13.8. The predicted octanol–water partition coefficient (Wildman–Crippen LogP) is 15.5. The Bertz CT molecular complexity index is 1270. The van der Waals surface area contributed by atoms with Gasteiger partial charge in [-0.15, -0.1) is 0 Å². The molecule has 1 amide bonds. The summed E-state index contributed by atoms with van der Waals surface area (Å²) in [4.78, 5) is 23.2. The van der Waals surface area contributed by atoms with Crippen molar-refractivity contribution in [2.24, 2.45) is 0 Å². The minimum Gasteiger partial charge on any atom is -0.387 e. The molecule has 0 saturated carbocycles. The molecule has 372 valence electrons. The molecule has 64 heavy (non-hydrogen) atoms. The second-order valence-corrected chi connectivity index (χ2v) is 20.3. The van der Waals surface area contributed by atoms with E-state index in [4.69, 9.17) is 9.05 Å². The van der Waals surface area contributed by atoms with Crippen LogP contribution in [0.3, 0.4) is 0 Å². The number of carbonyl (C=O) groups is 1. The largest absolute Gasteiger partial charge is 0.472 e. The van der Waals surface area contributed by atoms with Gasteiger partial charge in [-0.3, -0.25) is 13.8 Å². The Balaban J connectivity index is 4.06. The third-order valence-electron chi connectivity index (χ3n) is 11.4. The lowest BCUT2D eigenvalue weighted by Crippen LogP contribution is -2.45.